The van der Waals surface area contributed by atoms with Crippen LogP contribution in [0.5, 0.6) is 5.75 Å². The van der Waals surface area contributed by atoms with Crippen LogP contribution in [0.3, 0.4) is 0 Å². The van der Waals surface area contributed by atoms with E-state index in [9.17, 15) is 22.8 Å². The first-order chi connectivity index (χ1) is 17.5. The second-order valence-electron chi connectivity index (χ2n) is 9.04. The van der Waals surface area contributed by atoms with Gasteiger partial charge in [-0.1, -0.05) is 19.9 Å². The number of ether oxygens (including phenoxy) is 3. The molecule has 2 aromatic carbocycles. The minimum atomic E-state index is -3.94. The maximum Gasteiger partial charge on any atom is 0.337 e. The average Bonchev–Trinajstić information content (AvgIpc) is 2.91. The van der Waals surface area contributed by atoms with Gasteiger partial charge in [-0.3, -0.25) is 4.79 Å². The summed E-state index contributed by atoms with van der Waals surface area (Å²) in [7, 11) is -0.114. The predicted octanol–water partition coefficient (Wildman–Crippen LogP) is 3.43. The lowest BCUT2D eigenvalue weighted by atomic mass is 9.98. The van der Waals surface area contributed by atoms with Gasteiger partial charge in [0.1, 0.15) is 10.6 Å². The fourth-order valence-corrected chi connectivity index (χ4v) is 5.90. The first kappa shape index (κ1) is 28.1. The molecule has 1 N–H and O–H groups in total. The Morgan fingerprint density at radius 1 is 0.973 bits per heavy atom. The molecule has 0 spiro atoms. The van der Waals surface area contributed by atoms with E-state index in [2.05, 4.69) is 5.32 Å². The highest BCUT2D eigenvalue weighted by molar-refractivity contribution is 7.89. The van der Waals surface area contributed by atoms with Crippen molar-refractivity contribution in [3.05, 3.63) is 53.1 Å². The summed E-state index contributed by atoms with van der Waals surface area (Å²) in [5.74, 6) is -2.09. The maximum absolute atomic E-state index is 13.6. The molecule has 0 saturated carbocycles. The van der Waals surface area contributed by atoms with Crippen LogP contribution in [-0.4, -0.2) is 65.0 Å². The number of anilines is 1. The van der Waals surface area contributed by atoms with E-state index < -0.39 is 33.8 Å². The van der Waals surface area contributed by atoms with E-state index in [-0.39, 0.29) is 46.5 Å². The Kier molecular flexibility index (Phi) is 8.93. The first-order valence-corrected chi connectivity index (χ1v) is 13.3. The third kappa shape index (κ3) is 6.28. The van der Waals surface area contributed by atoms with Crippen LogP contribution in [0, 0.1) is 5.92 Å². The van der Waals surface area contributed by atoms with Crippen LogP contribution in [-0.2, 0) is 24.3 Å². The molecule has 0 radical (unpaired) electrons. The van der Waals surface area contributed by atoms with E-state index in [0.29, 0.717) is 12.8 Å². The molecule has 0 bridgehead atoms. The topological polar surface area (TPSA) is 128 Å². The molecule has 11 heteroatoms. The summed E-state index contributed by atoms with van der Waals surface area (Å²) in [5.41, 5.74) is 1.17. The van der Waals surface area contributed by atoms with Gasteiger partial charge >= 0.3 is 11.9 Å². The quantitative estimate of drug-likeness (QED) is 0.512. The summed E-state index contributed by atoms with van der Waals surface area (Å²) >= 11 is 0. The van der Waals surface area contributed by atoms with Gasteiger partial charge in [-0.05, 0) is 54.7 Å². The Balaban J connectivity index is 1.85. The van der Waals surface area contributed by atoms with Gasteiger partial charge < -0.3 is 19.5 Å². The molecule has 2 aromatic rings. The second-order valence-corrected chi connectivity index (χ2v) is 10.9. The molecule has 3 rings (SSSR count). The van der Waals surface area contributed by atoms with Crippen molar-refractivity contribution in [1.29, 1.82) is 0 Å². The molecule has 1 atom stereocenters. The number of methoxy groups -OCH3 is 3. The fraction of sp³-hybridized carbons (Fsp3) is 0.423. The largest absolute Gasteiger partial charge is 0.495 e. The summed E-state index contributed by atoms with van der Waals surface area (Å²) in [5, 5.41) is 2.71. The molecule has 1 amide bonds. The number of nitrogens with zero attached hydrogens (tertiary/aromatic N) is 1. The lowest BCUT2D eigenvalue weighted by Gasteiger charge is -2.31. The number of nitrogens with one attached hydrogen (secondary N) is 1. The van der Waals surface area contributed by atoms with Crippen molar-refractivity contribution >= 4 is 33.6 Å². The standard InChI is InChI=1S/C26H32N2O8S/c1-16(2)17-8-9-22(34-3)23(14-17)37(32,33)28-10-6-7-18(15-28)24(29)27-21-12-19(25(30)35-4)11-20(13-21)26(31)36-5/h8-9,11-14,16,18H,6-7,10,15H2,1-5H3,(H,27,29)/t18-/m1/s1. The summed E-state index contributed by atoms with van der Waals surface area (Å²) in [6.45, 7) is 4.19. The summed E-state index contributed by atoms with van der Waals surface area (Å²) in [6, 6.07) is 9.17. The number of carbonyl (C=O) groups excluding carboxylic acids is 3. The normalized spacial score (nSPS) is 16.2. The van der Waals surface area contributed by atoms with Gasteiger partial charge in [0, 0.05) is 18.8 Å². The molecule has 0 aliphatic carbocycles. The number of carbonyl (C=O) groups is 3. The Bertz CT molecular complexity index is 1260. The van der Waals surface area contributed by atoms with Crippen molar-refractivity contribution in [2.75, 3.05) is 39.7 Å². The first-order valence-electron chi connectivity index (χ1n) is 11.8. The summed E-state index contributed by atoms with van der Waals surface area (Å²) in [6.07, 6.45) is 0.959. The maximum atomic E-state index is 13.6. The fourth-order valence-electron chi connectivity index (χ4n) is 4.18. The van der Waals surface area contributed by atoms with Gasteiger partial charge in [-0.2, -0.15) is 4.31 Å². The van der Waals surface area contributed by atoms with E-state index in [1.165, 1.54) is 43.8 Å². The molecule has 0 aromatic heterocycles. The minimum Gasteiger partial charge on any atom is -0.495 e. The Labute approximate surface area is 216 Å². The van der Waals surface area contributed by atoms with Gasteiger partial charge in [-0.25, -0.2) is 18.0 Å². The van der Waals surface area contributed by atoms with E-state index >= 15 is 0 Å². The predicted molar refractivity (Wildman–Crippen MR) is 136 cm³/mol. The Hall–Kier alpha value is -3.44. The van der Waals surface area contributed by atoms with Crippen molar-refractivity contribution in [2.45, 2.75) is 37.5 Å². The van der Waals surface area contributed by atoms with E-state index in [1.807, 2.05) is 19.9 Å². The van der Waals surface area contributed by atoms with Crippen LogP contribution in [0.1, 0.15) is 58.9 Å². The molecule has 10 nitrogen and oxygen atoms in total. The molecule has 37 heavy (non-hydrogen) atoms. The van der Waals surface area contributed by atoms with Gasteiger partial charge in [-0.15, -0.1) is 0 Å². The van der Waals surface area contributed by atoms with Crippen LogP contribution in [0.15, 0.2) is 41.3 Å². The van der Waals surface area contributed by atoms with Crippen LogP contribution < -0.4 is 10.1 Å². The lowest BCUT2D eigenvalue weighted by Crippen LogP contribution is -2.43. The lowest BCUT2D eigenvalue weighted by molar-refractivity contribution is -0.120. The van der Waals surface area contributed by atoms with Crippen molar-refractivity contribution in [2.24, 2.45) is 5.92 Å². The smallest absolute Gasteiger partial charge is 0.337 e. The SMILES string of the molecule is COC(=O)c1cc(NC(=O)[C@@H]2CCCN(S(=O)(=O)c3cc(C(C)C)ccc3OC)C2)cc(C(=O)OC)c1. The molecule has 0 unspecified atom stereocenters. The van der Waals surface area contributed by atoms with Crippen LogP contribution in [0.4, 0.5) is 5.69 Å². The summed E-state index contributed by atoms with van der Waals surface area (Å²) in [4.78, 5) is 37.3. The highest BCUT2D eigenvalue weighted by atomic mass is 32.2. The average molecular weight is 533 g/mol. The van der Waals surface area contributed by atoms with Crippen molar-refractivity contribution in [3.8, 4) is 5.75 Å². The van der Waals surface area contributed by atoms with Crippen LogP contribution in [0.2, 0.25) is 0 Å². The molecule has 1 saturated heterocycles. The molecule has 1 heterocycles. The van der Waals surface area contributed by atoms with Gasteiger partial charge in [0.2, 0.25) is 15.9 Å². The molecular weight excluding hydrogens is 500 g/mol. The number of sulfonamides is 1. The van der Waals surface area contributed by atoms with Gasteiger partial charge in [0.25, 0.3) is 0 Å². The number of esters is 2. The zero-order valence-corrected chi connectivity index (χ0v) is 22.4. The van der Waals surface area contributed by atoms with E-state index in [4.69, 9.17) is 14.2 Å². The molecule has 1 aliphatic heterocycles. The van der Waals surface area contributed by atoms with Crippen molar-refractivity contribution in [3.63, 3.8) is 0 Å². The highest BCUT2D eigenvalue weighted by Gasteiger charge is 2.35. The molecular formula is C26H32N2O8S. The zero-order chi connectivity index (χ0) is 27.3. The van der Waals surface area contributed by atoms with Gasteiger partial charge in [0.15, 0.2) is 0 Å². The third-order valence-corrected chi connectivity index (χ3v) is 8.16. The second kappa shape index (κ2) is 11.7. The zero-order valence-electron chi connectivity index (χ0n) is 21.6. The van der Waals surface area contributed by atoms with Crippen LogP contribution in [0.25, 0.3) is 0 Å². The third-order valence-electron chi connectivity index (χ3n) is 6.27. The Morgan fingerprint density at radius 3 is 2.14 bits per heavy atom. The number of amides is 1. The molecule has 200 valence electrons. The van der Waals surface area contributed by atoms with Crippen LogP contribution >= 0.6 is 0 Å². The molecule has 1 fully saturated rings. The van der Waals surface area contributed by atoms with Gasteiger partial charge in [0.05, 0.1) is 38.4 Å². The monoisotopic (exact) mass is 532 g/mol. The number of benzene rings is 2. The summed E-state index contributed by atoms with van der Waals surface area (Å²) < 4.78 is 43.3. The number of piperidine rings is 1. The number of hydrogen-bond donors (Lipinski definition) is 1. The van der Waals surface area contributed by atoms with E-state index in [0.717, 1.165) is 5.56 Å². The highest BCUT2D eigenvalue weighted by Crippen LogP contribution is 2.32. The number of hydrogen-bond acceptors (Lipinski definition) is 8. The van der Waals surface area contributed by atoms with Crippen molar-refractivity contribution in [1.82, 2.24) is 4.31 Å². The van der Waals surface area contributed by atoms with E-state index in [1.54, 1.807) is 12.1 Å². The molecule has 1 aliphatic rings. The minimum absolute atomic E-state index is 0.0240. The Morgan fingerprint density at radius 2 is 1.59 bits per heavy atom. The van der Waals surface area contributed by atoms with Crippen molar-refractivity contribution < 1.29 is 37.0 Å². The number of rotatable bonds is 8.